The van der Waals surface area contributed by atoms with Crippen LogP contribution in [0.4, 0.5) is 0 Å². The number of amides is 1. The van der Waals surface area contributed by atoms with Crippen molar-refractivity contribution >= 4 is 5.91 Å². The van der Waals surface area contributed by atoms with Crippen LogP contribution < -0.4 is 0 Å². The first kappa shape index (κ1) is 14.5. The van der Waals surface area contributed by atoms with E-state index in [-0.39, 0.29) is 5.92 Å². The molecular weight excluding hydrogens is 288 g/mol. The number of likely N-dealkylation sites (tertiary alicyclic amines) is 1. The van der Waals surface area contributed by atoms with Crippen LogP contribution in [0.15, 0.2) is 47.1 Å². The van der Waals surface area contributed by atoms with Crippen LogP contribution in [0.3, 0.4) is 0 Å². The Hall–Kier alpha value is -2.07. The topological polar surface area (TPSA) is 36.7 Å². The number of hydrogen-bond donors (Lipinski definition) is 0. The lowest BCUT2D eigenvalue weighted by molar-refractivity contribution is -0.138. The molecule has 2 aliphatic rings. The van der Waals surface area contributed by atoms with Crippen LogP contribution in [0.25, 0.3) is 0 Å². The van der Waals surface area contributed by atoms with Crippen molar-refractivity contribution in [2.45, 2.75) is 32.5 Å². The van der Waals surface area contributed by atoms with Gasteiger partial charge in [0, 0.05) is 19.6 Å². The molecule has 1 fully saturated rings. The molecule has 0 bridgehead atoms. The number of nitrogens with zero attached hydrogens (tertiary/aromatic N) is 2. The number of rotatable bonds is 3. The molecule has 2 aromatic rings. The average Bonchev–Trinajstić information content (AvgIpc) is 3.23. The van der Waals surface area contributed by atoms with Gasteiger partial charge in [-0.15, -0.1) is 0 Å². The molecule has 120 valence electrons. The van der Waals surface area contributed by atoms with Crippen LogP contribution in [0.2, 0.25) is 0 Å². The van der Waals surface area contributed by atoms with Crippen molar-refractivity contribution in [1.82, 2.24) is 9.80 Å². The van der Waals surface area contributed by atoms with Gasteiger partial charge in [0.1, 0.15) is 5.76 Å². The zero-order chi connectivity index (χ0) is 15.6. The molecule has 0 N–H and O–H groups in total. The second kappa shape index (κ2) is 6.20. The summed E-state index contributed by atoms with van der Waals surface area (Å²) < 4.78 is 5.44. The van der Waals surface area contributed by atoms with E-state index in [0.717, 1.165) is 51.3 Å². The van der Waals surface area contributed by atoms with Gasteiger partial charge in [0.15, 0.2) is 0 Å². The molecular formula is C19H22N2O2. The standard InChI is InChI=1S/C19H22N2O2/c22-19(21-12-15-5-1-2-6-16(15)13-21)17-7-3-9-20(11-17)14-18-8-4-10-23-18/h1-2,4-6,8,10,17H,3,7,9,11-14H2/t17-/m0/s1. The summed E-state index contributed by atoms with van der Waals surface area (Å²) in [6.07, 6.45) is 3.79. The fourth-order valence-electron chi connectivity index (χ4n) is 3.77. The molecule has 2 aliphatic heterocycles. The summed E-state index contributed by atoms with van der Waals surface area (Å²) in [5.74, 6) is 1.41. The zero-order valence-electron chi connectivity index (χ0n) is 13.3. The predicted octanol–water partition coefficient (Wildman–Crippen LogP) is 3.03. The normalized spacial score (nSPS) is 21.4. The molecule has 3 heterocycles. The largest absolute Gasteiger partial charge is 0.468 e. The molecule has 0 spiro atoms. The van der Waals surface area contributed by atoms with Crippen LogP contribution in [-0.4, -0.2) is 28.8 Å². The van der Waals surface area contributed by atoms with Crippen molar-refractivity contribution < 1.29 is 9.21 Å². The number of piperidine rings is 1. The van der Waals surface area contributed by atoms with Gasteiger partial charge >= 0.3 is 0 Å². The van der Waals surface area contributed by atoms with Gasteiger partial charge in [-0.2, -0.15) is 0 Å². The van der Waals surface area contributed by atoms with Gasteiger partial charge in [-0.25, -0.2) is 0 Å². The Kier molecular flexibility index (Phi) is 3.92. The van der Waals surface area contributed by atoms with Crippen molar-refractivity contribution in [1.29, 1.82) is 0 Å². The minimum Gasteiger partial charge on any atom is -0.468 e. The number of benzene rings is 1. The van der Waals surface area contributed by atoms with Gasteiger partial charge in [0.25, 0.3) is 0 Å². The summed E-state index contributed by atoms with van der Waals surface area (Å²) in [5.41, 5.74) is 2.59. The summed E-state index contributed by atoms with van der Waals surface area (Å²) >= 11 is 0. The molecule has 4 rings (SSSR count). The molecule has 1 amide bonds. The lowest BCUT2D eigenvalue weighted by Gasteiger charge is -2.33. The van der Waals surface area contributed by atoms with Crippen molar-refractivity contribution in [3.05, 3.63) is 59.5 Å². The van der Waals surface area contributed by atoms with Crippen molar-refractivity contribution in [3.63, 3.8) is 0 Å². The van der Waals surface area contributed by atoms with Gasteiger partial charge in [0.05, 0.1) is 18.7 Å². The van der Waals surface area contributed by atoms with Crippen molar-refractivity contribution in [2.24, 2.45) is 5.92 Å². The molecule has 1 atom stereocenters. The van der Waals surface area contributed by atoms with Gasteiger partial charge in [-0.3, -0.25) is 9.69 Å². The fourth-order valence-corrected chi connectivity index (χ4v) is 3.77. The van der Waals surface area contributed by atoms with E-state index in [9.17, 15) is 4.79 Å². The Labute approximate surface area is 136 Å². The summed E-state index contributed by atoms with van der Waals surface area (Å²) in [6, 6.07) is 12.3. The fraction of sp³-hybridized carbons (Fsp3) is 0.421. The van der Waals surface area contributed by atoms with E-state index in [1.165, 1.54) is 11.1 Å². The van der Waals surface area contributed by atoms with E-state index in [1.807, 2.05) is 17.0 Å². The van der Waals surface area contributed by atoms with Gasteiger partial charge < -0.3 is 9.32 Å². The Morgan fingerprint density at radius 1 is 1.13 bits per heavy atom. The van der Waals surface area contributed by atoms with Gasteiger partial charge in [0.2, 0.25) is 5.91 Å². The first-order valence-electron chi connectivity index (χ1n) is 8.40. The number of fused-ring (bicyclic) bond motifs is 1. The van der Waals surface area contributed by atoms with Crippen molar-refractivity contribution in [3.8, 4) is 0 Å². The second-order valence-electron chi connectivity index (χ2n) is 6.62. The number of hydrogen-bond acceptors (Lipinski definition) is 3. The number of furan rings is 1. The Morgan fingerprint density at radius 2 is 1.91 bits per heavy atom. The maximum absolute atomic E-state index is 12.9. The summed E-state index contributed by atoms with van der Waals surface area (Å²) in [5, 5.41) is 0. The molecule has 4 heteroatoms. The molecule has 0 unspecified atom stereocenters. The third-order valence-electron chi connectivity index (χ3n) is 4.97. The van der Waals surface area contributed by atoms with E-state index in [0.29, 0.717) is 5.91 Å². The van der Waals surface area contributed by atoms with Crippen LogP contribution in [-0.2, 0) is 24.4 Å². The first-order chi connectivity index (χ1) is 11.3. The Balaban J connectivity index is 1.39. The lowest BCUT2D eigenvalue weighted by Crippen LogP contribution is -2.43. The third-order valence-corrected chi connectivity index (χ3v) is 4.97. The Morgan fingerprint density at radius 3 is 2.61 bits per heavy atom. The van der Waals surface area contributed by atoms with E-state index < -0.39 is 0 Å². The number of carbonyl (C=O) groups excluding carboxylic acids is 1. The van der Waals surface area contributed by atoms with Crippen molar-refractivity contribution in [2.75, 3.05) is 13.1 Å². The highest BCUT2D eigenvalue weighted by Gasteiger charge is 2.32. The van der Waals surface area contributed by atoms with Gasteiger partial charge in [-0.05, 0) is 42.6 Å². The molecule has 1 aromatic carbocycles. The predicted molar refractivity (Wildman–Crippen MR) is 87.4 cm³/mol. The van der Waals surface area contributed by atoms with Crippen LogP contribution in [0, 0.1) is 5.92 Å². The smallest absolute Gasteiger partial charge is 0.227 e. The zero-order valence-corrected chi connectivity index (χ0v) is 13.3. The molecule has 1 saturated heterocycles. The van der Waals surface area contributed by atoms with Gasteiger partial charge in [-0.1, -0.05) is 24.3 Å². The first-order valence-corrected chi connectivity index (χ1v) is 8.40. The van der Waals surface area contributed by atoms with E-state index in [4.69, 9.17) is 4.42 Å². The molecule has 0 aliphatic carbocycles. The lowest BCUT2D eigenvalue weighted by atomic mass is 9.96. The van der Waals surface area contributed by atoms with E-state index in [1.54, 1.807) is 6.26 Å². The van der Waals surface area contributed by atoms with Crippen LogP contribution in [0.5, 0.6) is 0 Å². The minimum atomic E-state index is 0.119. The monoisotopic (exact) mass is 310 g/mol. The van der Waals surface area contributed by atoms with Crippen LogP contribution in [0.1, 0.15) is 29.7 Å². The summed E-state index contributed by atoms with van der Waals surface area (Å²) in [4.78, 5) is 17.3. The second-order valence-corrected chi connectivity index (χ2v) is 6.62. The van der Waals surface area contributed by atoms with E-state index >= 15 is 0 Å². The summed E-state index contributed by atoms with van der Waals surface area (Å²) in [7, 11) is 0. The maximum atomic E-state index is 12.9. The molecule has 0 saturated carbocycles. The highest BCUT2D eigenvalue weighted by molar-refractivity contribution is 5.79. The average molecular weight is 310 g/mol. The highest BCUT2D eigenvalue weighted by Crippen LogP contribution is 2.27. The SMILES string of the molecule is O=C([C@H]1CCCN(Cc2ccco2)C1)N1Cc2ccccc2C1. The highest BCUT2D eigenvalue weighted by atomic mass is 16.3. The Bertz CT molecular complexity index is 655. The van der Waals surface area contributed by atoms with E-state index in [2.05, 4.69) is 29.2 Å². The summed E-state index contributed by atoms with van der Waals surface area (Å²) in [6.45, 7) is 4.22. The quantitative estimate of drug-likeness (QED) is 0.874. The number of carbonyl (C=O) groups is 1. The molecule has 4 nitrogen and oxygen atoms in total. The third kappa shape index (κ3) is 3.04. The molecule has 23 heavy (non-hydrogen) atoms. The molecule has 0 radical (unpaired) electrons. The molecule has 1 aromatic heterocycles. The minimum absolute atomic E-state index is 0.119. The maximum Gasteiger partial charge on any atom is 0.227 e. The van der Waals surface area contributed by atoms with Crippen LogP contribution >= 0.6 is 0 Å².